The first-order chi connectivity index (χ1) is 13.8. The molecule has 30 heavy (non-hydrogen) atoms. The summed E-state index contributed by atoms with van der Waals surface area (Å²) in [4.78, 5) is 10.3. The number of aromatic nitrogens is 3. The summed E-state index contributed by atoms with van der Waals surface area (Å²) in [6, 6.07) is 5.54. The molecule has 0 amide bonds. The van der Waals surface area contributed by atoms with Crippen molar-refractivity contribution in [3.8, 4) is 0 Å². The molecule has 1 aromatic heterocycles. The molecular weight excluding hydrogens is 425 g/mol. The SMILES string of the molecule is Cc1cc(Cn2nnc3ccc(C(F)(C(F)(F)F)C(F)(F)F)cc32)ccc1[N+](=O)[O-]. The summed E-state index contributed by atoms with van der Waals surface area (Å²) in [6.45, 7) is 1.29. The molecule has 3 rings (SSSR count). The van der Waals surface area contributed by atoms with Crippen LogP contribution in [0.3, 0.4) is 0 Å². The van der Waals surface area contributed by atoms with Gasteiger partial charge in [-0.25, -0.2) is 9.07 Å². The van der Waals surface area contributed by atoms with Gasteiger partial charge in [0.05, 0.1) is 17.0 Å². The van der Waals surface area contributed by atoms with E-state index in [4.69, 9.17) is 0 Å². The molecule has 0 bridgehead atoms. The van der Waals surface area contributed by atoms with Crippen molar-refractivity contribution in [3.63, 3.8) is 0 Å². The largest absolute Gasteiger partial charge is 0.435 e. The summed E-state index contributed by atoms with van der Waals surface area (Å²) < 4.78 is 93.4. The summed E-state index contributed by atoms with van der Waals surface area (Å²) >= 11 is 0. The second-order valence-corrected chi connectivity index (χ2v) is 6.48. The van der Waals surface area contributed by atoms with Gasteiger partial charge in [0.2, 0.25) is 0 Å². The molecule has 0 atom stereocenters. The Bertz CT molecular complexity index is 1110. The highest BCUT2D eigenvalue weighted by atomic mass is 19.4. The number of benzene rings is 2. The predicted octanol–water partition coefficient (Wildman–Crippen LogP) is 4.99. The van der Waals surface area contributed by atoms with E-state index >= 15 is 0 Å². The minimum atomic E-state index is -6.24. The van der Waals surface area contributed by atoms with Crippen LogP contribution in [0.1, 0.15) is 16.7 Å². The molecular formula is C17H11F7N4O2. The number of nitrogens with zero attached hydrogens (tertiary/aromatic N) is 4. The first kappa shape index (κ1) is 21.5. The number of nitro benzene ring substituents is 1. The summed E-state index contributed by atoms with van der Waals surface area (Å²) in [5.41, 5.74) is -7.00. The van der Waals surface area contributed by atoms with Crippen molar-refractivity contribution in [3.05, 3.63) is 63.2 Å². The lowest BCUT2D eigenvalue weighted by Gasteiger charge is -2.30. The van der Waals surface area contributed by atoms with Gasteiger partial charge in [0, 0.05) is 17.2 Å². The Hall–Kier alpha value is -3.25. The third-order valence-corrected chi connectivity index (χ3v) is 4.48. The molecule has 3 aromatic rings. The standard InChI is InChI=1S/C17H11F7N4O2/c1-9-6-10(2-5-13(9)28(29)30)8-27-14-7-11(3-4-12(14)25-26-27)15(18,16(19,20)21)17(22,23)24/h2-7H,8H2,1H3. The highest BCUT2D eigenvalue weighted by Gasteiger charge is 2.73. The molecule has 0 aliphatic heterocycles. The van der Waals surface area contributed by atoms with Crippen LogP contribution in [-0.4, -0.2) is 32.3 Å². The van der Waals surface area contributed by atoms with Crippen LogP contribution in [0.25, 0.3) is 11.0 Å². The number of halogens is 7. The second kappa shape index (κ2) is 6.92. The average Bonchev–Trinajstić information content (AvgIpc) is 3.01. The van der Waals surface area contributed by atoms with Crippen molar-refractivity contribution >= 4 is 16.7 Å². The minimum absolute atomic E-state index is 0.0518. The molecule has 0 saturated heterocycles. The maximum absolute atomic E-state index is 14.3. The Morgan fingerprint density at radius 2 is 1.63 bits per heavy atom. The lowest BCUT2D eigenvalue weighted by atomic mass is 9.94. The van der Waals surface area contributed by atoms with Crippen LogP contribution in [-0.2, 0) is 12.2 Å². The Morgan fingerprint density at radius 1 is 1.00 bits per heavy atom. The van der Waals surface area contributed by atoms with Gasteiger partial charge in [0.15, 0.2) is 0 Å². The Morgan fingerprint density at radius 3 is 2.17 bits per heavy atom. The number of hydrogen-bond donors (Lipinski definition) is 0. The number of aryl methyl sites for hydroxylation is 1. The van der Waals surface area contributed by atoms with Gasteiger partial charge in [-0.15, -0.1) is 5.10 Å². The molecule has 0 N–H and O–H groups in total. The van der Waals surface area contributed by atoms with E-state index in [-0.39, 0.29) is 23.3 Å². The van der Waals surface area contributed by atoms with Crippen molar-refractivity contribution in [2.45, 2.75) is 31.5 Å². The minimum Gasteiger partial charge on any atom is -0.258 e. The van der Waals surface area contributed by atoms with E-state index in [2.05, 4.69) is 10.3 Å². The zero-order valence-corrected chi connectivity index (χ0v) is 14.9. The maximum atomic E-state index is 14.3. The Kier molecular flexibility index (Phi) is 4.95. The van der Waals surface area contributed by atoms with Gasteiger partial charge in [-0.1, -0.05) is 17.3 Å². The molecule has 1 heterocycles. The average molecular weight is 436 g/mol. The van der Waals surface area contributed by atoms with Gasteiger partial charge in [-0.3, -0.25) is 10.1 Å². The number of nitro groups is 1. The molecule has 0 aliphatic carbocycles. The highest BCUT2D eigenvalue weighted by Crippen LogP contribution is 2.53. The lowest BCUT2D eigenvalue weighted by Crippen LogP contribution is -2.50. The normalized spacial score (nSPS) is 13.1. The number of fused-ring (bicyclic) bond motifs is 1. The smallest absolute Gasteiger partial charge is 0.258 e. The van der Waals surface area contributed by atoms with E-state index in [9.17, 15) is 40.8 Å². The molecule has 2 aromatic carbocycles. The zero-order valence-electron chi connectivity index (χ0n) is 14.9. The van der Waals surface area contributed by atoms with Gasteiger partial charge in [-0.2, -0.15) is 26.3 Å². The molecule has 0 spiro atoms. The van der Waals surface area contributed by atoms with Crippen LogP contribution in [0.15, 0.2) is 36.4 Å². The Balaban J connectivity index is 2.08. The van der Waals surface area contributed by atoms with Gasteiger partial charge >= 0.3 is 18.0 Å². The maximum Gasteiger partial charge on any atom is 0.435 e. The van der Waals surface area contributed by atoms with Crippen molar-refractivity contribution in [2.24, 2.45) is 0 Å². The second-order valence-electron chi connectivity index (χ2n) is 6.48. The monoisotopic (exact) mass is 436 g/mol. The fourth-order valence-corrected chi connectivity index (χ4v) is 2.98. The van der Waals surface area contributed by atoms with Gasteiger partial charge < -0.3 is 0 Å². The highest BCUT2D eigenvalue weighted by molar-refractivity contribution is 5.75. The van der Waals surface area contributed by atoms with Crippen molar-refractivity contribution < 1.29 is 35.7 Å². The van der Waals surface area contributed by atoms with Crippen molar-refractivity contribution in [1.29, 1.82) is 0 Å². The molecule has 0 unspecified atom stereocenters. The summed E-state index contributed by atoms with van der Waals surface area (Å²) in [5, 5.41) is 18.2. The molecule has 0 fully saturated rings. The van der Waals surface area contributed by atoms with E-state index in [0.29, 0.717) is 23.3 Å². The third kappa shape index (κ3) is 3.44. The summed E-state index contributed by atoms with van der Waals surface area (Å²) in [5.74, 6) is 0. The third-order valence-electron chi connectivity index (χ3n) is 4.48. The van der Waals surface area contributed by atoms with E-state index in [0.717, 1.165) is 10.7 Å². The summed E-state index contributed by atoms with van der Waals surface area (Å²) in [6.07, 6.45) is -12.5. The van der Waals surface area contributed by atoms with Crippen LogP contribution < -0.4 is 0 Å². The van der Waals surface area contributed by atoms with Crippen molar-refractivity contribution in [2.75, 3.05) is 0 Å². The van der Waals surface area contributed by atoms with Crippen molar-refractivity contribution in [1.82, 2.24) is 15.0 Å². The quantitative estimate of drug-likeness (QED) is 0.328. The molecule has 0 radical (unpaired) electrons. The summed E-state index contributed by atoms with van der Waals surface area (Å²) in [7, 11) is 0. The van der Waals surface area contributed by atoms with E-state index in [1.165, 1.54) is 25.1 Å². The van der Waals surface area contributed by atoms with E-state index in [1.54, 1.807) is 0 Å². The fraction of sp³-hybridized carbons (Fsp3) is 0.294. The van der Waals surface area contributed by atoms with Crippen LogP contribution >= 0.6 is 0 Å². The van der Waals surface area contributed by atoms with Gasteiger partial charge in [0.1, 0.15) is 5.52 Å². The van der Waals surface area contributed by atoms with Crippen LogP contribution in [0, 0.1) is 17.0 Å². The molecule has 13 heteroatoms. The molecule has 160 valence electrons. The molecule has 6 nitrogen and oxygen atoms in total. The zero-order chi connectivity index (χ0) is 22.5. The Labute approximate surface area is 163 Å². The number of rotatable bonds is 4. The first-order valence-corrected chi connectivity index (χ1v) is 8.15. The fourth-order valence-electron chi connectivity index (χ4n) is 2.98. The molecule has 0 saturated carbocycles. The first-order valence-electron chi connectivity index (χ1n) is 8.15. The predicted molar refractivity (Wildman–Crippen MR) is 89.4 cm³/mol. The van der Waals surface area contributed by atoms with Crippen LogP contribution in [0.5, 0.6) is 0 Å². The van der Waals surface area contributed by atoms with Crippen LogP contribution in [0.2, 0.25) is 0 Å². The molecule has 0 aliphatic rings. The van der Waals surface area contributed by atoms with E-state index in [1.807, 2.05) is 0 Å². The lowest BCUT2D eigenvalue weighted by molar-refractivity contribution is -0.385. The van der Waals surface area contributed by atoms with Crippen LogP contribution in [0.4, 0.5) is 36.4 Å². The number of alkyl halides is 7. The van der Waals surface area contributed by atoms with Gasteiger partial charge in [-0.05, 0) is 30.7 Å². The topological polar surface area (TPSA) is 73.8 Å². The number of hydrogen-bond acceptors (Lipinski definition) is 4. The van der Waals surface area contributed by atoms with E-state index < -0.39 is 28.5 Å². The van der Waals surface area contributed by atoms with Gasteiger partial charge in [0.25, 0.3) is 5.69 Å².